The molecule has 2 aromatic rings. The van der Waals surface area contributed by atoms with Gasteiger partial charge in [0.2, 0.25) is 0 Å². The number of hydrogen-bond donors (Lipinski definition) is 1. The Bertz CT molecular complexity index is 538. The highest BCUT2D eigenvalue weighted by Crippen LogP contribution is 2.27. The van der Waals surface area contributed by atoms with Gasteiger partial charge in [-0.2, -0.15) is 0 Å². The third-order valence-corrected chi connectivity index (χ3v) is 2.93. The van der Waals surface area contributed by atoms with E-state index in [4.69, 9.17) is 14.0 Å². The Labute approximate surface area is 118 Å². The van der Waals surface area contributed by atoms with Gasteiger partial charge >= 0.3 is 0 Å². The van der Waals surface area contributed by atoms with E-state index < -0.39 is 6.10 Å². The van der Waals surface area contributed by atoms with Crippen molar-refractivity contribution in [2.45, 2.75) is 32.7 Å². The summed E-state index contributed by atoms with van der Waals surface area (Å²) in [6, 6.07) is 9.25. The van der Waals surface area contributed by atoms with Gasteiger partial charge in [0, 0.05) is 18.7 Å². The average Bonchev–Trinajstić information content (AvgIpc) is 2.93. The second-order valence-electron chi connectivity index (χ2n) is 4.47. The van der Waals surface area contributed by atoms with E-state index in [1.165, 1.54) is 0 Å². The highest BCUT2D eigenvalue weighted by Gasteiger charge is 2.12. The number of hydrogen-bond acceptors (Lipinski definition) is 5. The molecule has 0 fully saturated rings. The zero-order chi connectivity index (χ0) is 14.4. The lowest BCUT2D eigenvalue weighted by atomic mass is 10.1. The Morgan fingerprint density at radius 3 is 2.85 bits per heavy atom. The molecule has 1 N–H and O–H groups in total. The topological polar surface area (TPSA) is 64.7 Å². The van der Waals surface area contributed by atoms with Crippen molar-refractivity contribution in [2.24, 2.45) is 0 Å². The molecule has 0 radical (unpaired) electrons. The van der Waals surface area contributed by atoms with Crippen molar-refractivity contribution in [3.63, 3.8) is 0 Å². The number of aliphatic hydroxyl groups is 1. The molecule has 0 aliphatic rings. The molecule has 0 spiro atoms. The molecule has 0 saturated heterocycles. The van der Waals surface area contributed by atoms with Gasteiger partial charge in [0.25, 0.3) is 0 Å². The highest BCUT2D eigenvalue weighted by atomic mass is 16.5. The largest absolute Gasteiger partial charge is 0.487 e. The number of nitrogens with zero attached hydrogens (tertiary/aromatic N) is 1. The number of aromatic nitrogens is 1. The molecule has 1 atom stereocenters. The van der Waals surface area contributed by atoms with Crippen LogP contribution in [0.1, 0.15) is 36.5 Å². The smallest absolute Gasteiger partial charge is 0.162 e. The zero-order valence-corrected chi connectivity index (χ0v) is 11.7. The molecule has 5 nitrogen and oxygen atoms in total. The average molecular weight is 277 g/mol. The molecule has 5 heteroatoms. The predicted molar refractivity (Wildman–Crippen MR) is 73.2 cm³/mol. The Hall–Kier alpha value is -1.85. The minimum absolute atomic E-state index is 0.292. The highest BCUT2D eigenvalue weighted by molar-refractivity contribution is 5.35. The fraction of sp³-hybridized carbons (Fsp3) is 0.400. The molecule has 0 aliphatic heterocycles. The van der Waals surface area contributed by atoms with E-state index in [0.717, 1.165) is 5.56 Å². The number of aliphatic hydroxyl groups excluding tert-OH is 1. The van der Waals surface area contributed by atoms with Crippen molar-refractivity contribution in [1.29, 1.82) is 0 Å². The summed E-state index contributed by atoms with van der Waals surface area (Å²) in [4.78, 5) is 0. The molecule has 0 bridgehead atoms. The van der Waals surface area contributed by atoms with E-state index in [2.05, 4.69) is 5.16 Å². The van der Waals surface area contributed by atoms with Crippen LogP contribution < -0.4 is 4.74 Å². The number of para-hydroxylation sites is 1. The Morgan fingerprint density at radius 2 is 2.10 bits per heavy atom. The van der Waals surface area contributed by atoms with Crippen LogP contribution in [0.3, 0.4) is 0 Å². The SMILES string of the molecule is CC[C@@H](O)c1ccccc1OCc1cc(COC)on1. The summed E-state index contributed by atoms with van der Waals surface area (Å²) < 4.78 is 15.8. The van der Waals surface area contributed by atoms with Gasteiger partial charge in [0.15, 0.2) is 5.76 Å². The molecule has 1 aromatic heterocycles. The number of rotatable bonds is 7. The van der Waals surface area contributed by atoms with Gasteiger partial charge in [-0.1, -0.05) is 30.3 Å². The fourth-order valence-corrected chi connectivity index (χ4v) is 1.89. The first-order valence-corrected chi connectivity index (χ1v) is 6.57. The third-order valence-electron chi connectivity index (χ3n) is 2.93. The van der Waals surface area contributed by atoms with E-state index >= 15 is 0 Å². The lowest BCUT2D eigenvalue weighted by Gasteiger charge is -2.14. The third kappa shape index (κ3) is 3.59. The van der Waals surface area contributed by atoms with E-state index in [9.17, 15) is 5.11 Å². The predicted octanol–water partition coefficient (Wildman–Crippen LogP) is 2.84. The first-order valence-electron chi connectivity index (χ1n) is 6.57. The van der Waals surface area contributed by atoms with Crippen molar-refractivity contribution in [3.8, 4) is 5.75 Å². The number of methoxy groups -OCH3 is 1. The minimum atomic E-state index is -0.521. The summed E-state index contributed by atoms with van der Waals surface area (Å²) in [5.41, 5.74) is 1.48. The van der Waals surface area contributed by atoms with Crippen LogP contribution in [0.2, 0.25) is 0 Å². The second-order valence-corrected chi connectivity index (χ2v) is 4.47. The normalized spacial score (nSPS) is 12.3. The van der Waals surface area contributed by atoms with Gasteiger partial charge in [-0.15, -0.1) is 0 Å². The van der Waals surface area contributed by atoms with E-state index in [-0.39, 0.29) is 0 Å². The second kappa shape index (κ2) is 7.07. The van der Waals surface area contributed by atoms with Crippen LogP contribution in [0.25, 0.3) is 0 Å². The van der Waals surface area contributed by atoms with Crippen LogP contribution in [0.15, 0.2) is 34.9 Å². The Balaban J connectivity index is 2.02. The maximum atomic E-state index is 9.95. The standard InChI is InChI=1S/C15H19NO4/c1-3-14(17)13-6-4-5-7-15(13)19-9-11-8-12(10-18-2)20-16-11/h4-8,14,17H,3,9-10H2,1-2H3/t14-/m1/s1. The lowest BCUT2D eigenvalue weighted by Crippen LogP contribution is -2.02. The fourth-order valence-electron chi connectivity index (χ4n) is 1.89. The van der Waals surface area contributed by atoms with Gasteiger partial charge < -0.3 is 19.1 Å². The summed E-state index contributed by atoms with van der Waals surface area (Å²) in [6.45, 7) is 2.61. The van der Waals surface area contributed by atoms with Crippen molar-refractivity contribution in [2.75, 3.05) is 7.11 Å². The maximum Gasteiger partial charge on any atom is 0.162 e. The summed E-state index contributed by atoms with van der Waals surface area (Å²) in [6.07, 6.45) is 0.120. The van der Waals surface area contributed by atoms with Crippen molar-refractivity contribution in [1.82, 2.24) is 5.16 Å². The Morgan fingerprint density at radius 1 is 1.30 bits per heavy atom. The maximum absolute atomic E-state index is 9.95. The molecule has 20 heavy (non-hydrogen) atoms. The van der Waals surface area contributed by atoms with Gasteiger partial charge in [0.1, 0.15) is 24.7 Å². The molecule has 0 amide bonds. The zero-order valence-electron chi connectivity index (χ0n) is 11.7. The monoisotopic (exact) mass is 277 g/mol. The minimum Gasteiger partial charge on any atom is -0.487 e. The van der Waals surface area contributed by atoms with Gasteiger partial charge in [0.05, 0.1) is 6.10 Å². The van der Waals surface area contributed by atoms with Gasteiger partial charge in [-0.05, 0) is 12.5 Å². The molecule has 1 heterocycles. The molecule has 1 aromatic carbocycles. The van der Waals surface area contributed by atoms with Crippen LogP contribution in [-0.4, -0.2) is 17.4 Å². The van der Waals surface area contributed by atoms with Gasteiger partial charge in [-0.3, -0.25) is 0 Å². The number of benzene rings is 1. The molecule has 2 rings (SSSR count). The Kier molecular flexibility index (Phi) is 5.15. The summed E-state index contributed by atoms with van der Waals surface area (Å²) in [5, 5.41) is 13.9. The summed E-state index contributed by atoms with van der Waals surface area (Å²) in [7, 11) is 1.60. The van der Waals surface area contributed by atoms with E-state index in [1.807, 2.05) is 31.2 Å². The van der Waals surface area contributed by atoms with Crippen molar-refractivity contribution >= 4 is 0 Å². The van der Waals surface area contributed by atoms with Crippen LogP contribution in [0.4, 0.5) is 0 Å². The quantitative estimate of drug-likeness (QED) is 0.843. The molecular weight excluding hydrogens is 258 g/mol. The molecular formula is C15H19NO4. The van der Waals surface area contributed by atoms with Crippen LogP contribution in [0.5, 0.6) is 5.75 Å². The summed E-state index contributed by atoms with van der Waals surface area (Å²) >= 11 is 0. The van der Waals surface area contributed by atoms with Crippen molar-refractivity contribution < 1.29 is 19.1 Å². The van der Waals surface area contributed by atoms with Crippen LogP contribution >= 0.6 is 0 Å². The molecule has 0 unspecified atom stereocenters. The lowest BCUT2D eigenvalue weighted by molar-refractivity contribution is 0.155. The van der Waals surface area contributed by atoms with Gasteiger partial charge in [-0.25, -0.2) is 0 Å². The molecule has 108 valence electrons. The van der Waals surface area contributed by atoms with Crippen molar-refractivity contribution in [3.05, 3.63) is 47.3 Å². The molecule has 0 saturated carbocycles. The summed E-state index contributed by atoms with van der Waals surface area (Å²) in [5.74, 6) is 1.33. The van der Waals surface area contributed by atoms with E-state index in [1.54, 1.807) is 13.2 Å². The molecule has 0 aliphatic carbocycles. The first-order chi connectivity index (χ1) is 9.74. The number of ether oxygens (including phenoxy) is 2. The van der Waals surface area contributed by atoms with Crippen LogP contribution in [0, 0.1) is 0 Å². The van der Waals surface area contributed by atoms with E-state index in [0.29, 0.717) is 36.8 Å². The van der Waals surface area contributed by atoms with Crippen LogP contribution in [-0.2, 0) is 18.0 Å². The first kappa shape index (κ1) is 14.6.